The van der Waals surface area contributed by atoms with Crippen LogP contribution in [-0.2, 0) is 9.59 Å². The molecule has 3 rings (SSSR count). The van der Waals surface area contributed by atoms with Crippen LogP contribution in [0.25, 0.3) is 6.08 Å². The molecule has 1 fully saturated rings. The van der Waals surface area contributed by atoms with E-state index in [1.807, 2.05) is 37.3 Å². The van der Waals surface area contributed by atoms with Crippen molar-refractivity contribution in [3.63, 3.8) is 0 Å². The number of rotatable bonds is 6. The van der Waals surface area contributed by atoms with Crippen LogP contribution in [0.5, 0.6) is 5.75 Å². The van der Waals surface area contributed by atoms with Gasteiger partial charge in [-0.05, 0) is 42.5 Å². The molecule has 0 radical (unpaired) electrons. The van der Waals surface area contributed by atoms with E-state index in [2.05, 4.69) is 5.32 Å². The normalized spacial score (nSPS) is 15.3. The molecule has 1 heterocycles. The Bertz CT molecular complexity index is 896. The van der Waals surface area contributed by atoms with Gasteiger partial charge in [-0.3, -0.25) is 19.3 Å². The fourth-order valence-electron chi connectivity index (χ4n) is 2.52. The molecule has 1 aliphatic rings. The van der Waals surface area contributed by atoms with Gasteiger partial charge in [0.2, 0.25) is 5.91 Å². The molecule has 138 valence electrons. The minimum absolute atomic E-state index is 0.300. The van der Waals surface area contributed by atoms with Crippen LogP contribution in [-0.4, -0.2) is 35.1 Å². The maximum Gasteiger partial charge on any atom is 0.294 e. The third kappa shape index (κ3) is 4.57. The van der Waals surface area contributed by atoms with E-state index in [1.54, 1.807) is 30.3 Å². The Hall–Kier alpha value is -3.06. The standard InChI is InChI=1S/C20H18N2O4S/c1-2-26-16-11-7-6-10-15(16)21-18(23)13-22-19(24)17(27-20(22)25)12-14-8-4-3-5-9-14/h3-12H,2,13H2,1H3,(H,21,23)/b17-12-. The molecule has 0 bridgehead atoms. The second-order valence-corrected chi connectivity index (χ2v) is 6.65. The summed E-state index contributed by atoms with van der Waals surface area (Å²) in [4.78, 5) is 38.2. The van der Waals surface area contributed by atoms with E-state index in [0.717, 1.165) is 22.2 Å². The molecule has 1 aliphatic heterocycles. The minimum atomic E-state index is -0.470. The van der Waals surface area contributed by atoms with Crippen molar-refractivity contribution in [3.05, 3.63) is 65.1 Å². The number of nitrogens with zero attached hydrogens (tertiary/aromatic N) is 1. The van der Waals surface area contributed by atoms with Gasteiger partial charge in [0.25, 0.3) is 11.1 Å². The van der Waals surface area contributed by atoms with E-state index in [-0.39, 0.29) is 6.54 Å². The fraction of sp³-hybridized carbons (Fsp3) is 0.150. The molecule has 0 saturated carbocycles. The summed E-state index contributed by atoms with van der Waals surface area (Å²) in [5.41, 5.74) is 1.31. The van der Waals surface area contributed by atoms with Crippen molar-refractivity contribution in [2.75, 3.05) is 18.5 Å². The first-order valence-corrected chi connectivity index (χ1v) is 9.22. The topological polar surface area (TPSA) is 75.7 Å². The largest absolute Gasteiger partial charge is 0.492 e. The van der Waals surface area contributed by atoms with Gasteiger partial charge in [0.05, 0.1) is 17.2 Å². The highest BCUT2D eigenvalue weighted by Gasteiger charge is 2.36. The van der Waals surface area contributed by atoms with E-state index in [1.165, 1.54) is 0 Å². The Labute approximate surface area is 161 Å². The van der Waals surface area contributed by atoms with Crippen molar-refractivity contribution in [2.24, 2.45) is 0 Å². The lowest BCUT2D eigenvalue weighted by Crippen LogP contribution is -2.36. The number of carbonyl (C=O) groups excluding carboxylic acids is 3. The summed E-state index contributed by atoms with van der Waals surface area (Å²) in [6.07, 6.45) is 1.65. The van der Waals surface area contributed by atoms with Crippen molar-refractivity contribution in [1.82, 2.24) is 4.90 Å². The molecule has 0 aromatic heterocycles. The van der Waals surface area contributed by atoms with E-state index in [4.69, 9.17) is 4.74 Å². The molecular weight excluding hydrogens is 364 g/mol. The van der Waals surface area contributed by atoms with Crippen LogP contribution in [0.4, 0.5) is 10.5 Å². The zero-order valence-electron chi connectivity index (χ0n) is 14.7. The molecule has 2 aromatic rings. The van der Waals surface area contributed by atoms with Crippen LogP contribution in [0.15, 0.2) is 59.5 Å². The van der Waals surface area contributed by atoms with E-state index in [0.29, 0.717) is 22.9 Å². The number of imide groups is 1. The Morgan fingerprint density at radius 3 is 2.56 bits per heavy atom. The quantitative estimate of drug-likeness (QED) is 0.770. The van der Waals surface area contributed by atoms with Crippen LogP contribution >= 0.6 is 11.8 Å². The summed E-state index contributed by atoms with van der Waals surface area (Å²) in [5, 5.41) is 2.23. The van der Waals surface area contributed by atoms with Crippen LogP contribution in [0, 0.1) is 0 Å². The van der Waals surface area contributed by atoms with E-state index >= 15 is 0 Å². The minimum Gasteiger partial charge on any atom is -0.492 e. The number of amides is 3. The number of thioether (sulfide) groups is 1. The molecule has 6 nitrogen and oxygen atoms in total. The predicted molar refractivity (Wildman–Crippen MR) is 105 cm³/mol. The van der Waals surface area contributed by atoms with Gasteiger partial charge in [0, 0.05) is 0 Å². The Morgan fingerprint density at radius 2 is 1.81 bits per heavy atom. The first-order chi connectivity index (χ1) is 13.1. The van der Waals surface area contributed by atoms with Gasteiger partial charge in [0.1, 0.15) is 12.3 Å². The third-order valence-corrected chi connectivity index (χ3v) is 4.64. The molecule has 1 N–H and O–H groups in total. The summed E-state index contributed by atoms with van der Waals surface area (Å²) in [6.45, 7) is 1.95. The summed E-state index contributed by atoms with van der Waals surface area (Å²) in [7, 11) is 0. The number of benzene rings is 2. The zero-order chi connectivity index (χ0) is 19.2. The number of nitrogens with one attached hydrogen (secondary N) is 1. The van der Waals surface area contributed by atoms with Crippen molar-refractivity contribution >= 4 is 40.6 Å². The van der Waals surface area contributed by atoms with Crippen LogP contribution < -0.4 is 10.1 Å². The molecule has 27 heavy (non-hydrogen) atoms. The maximum atomic E-state index is 12.5. The summed E-state index contributed by atoms with van der Waals surface area (Å²) in [6, 6.07) is 16.2. The lowest BCUT2D eigenvalue weighted by Gasteiger charge is -2.14. The molecule has 1 saturated heterocycles. The van der Waals surface area contributed by atoms with E-state index in [9.17, 15) is 14.4 Å². The van der Waals surface area contributed by atoms with Gasteiger partial charge in [-0.25, -0.2) is 0 Å². The van der Waals surface area contributed by atoms with Gasteiger partial charge in [-0.2, -0.15) is 0 Å². The summed E-state index contributed by atoms with van der Waals surface area (Å²) in [5.74, 6) is -0.404. The molecule has 0 atom stereocenters. The van der Waals surface area contributed by atoms with Crippen molar-refractivity contribution < 1.29 is 19.1 Å². The monoisotopic (exact) mass is 382 g/mol. The number of hydrogen-bond donors (Lipinski definition) is 1. The van der Waals surface area contributed by atoms with Gasteiger partial charge in [0.15, 0.2) is 0 Å². The molecule has 0 spiro atoms. The number of hydrogen-bond acceptors (Lipinski definition) is 5. The highest BCUT2D eigenvalue weighted by Crippen LogP contribution is 2.32. The van der Waals surface area contributed by atoms with Gasteiger partial charge < -0.3 is 10.1 Å². The first-order valence-electron chi connectivity index (χ1n) is 8.40. The van der Waals surface area contributed by atoms with Crippen molar-refractivity contribution in [2.45, 2.75) is 6.92 Å². The van der Waals surface area contributed by atoms with Crippen LogP contribution in [0.1, 0.15) is 12.5 Å². The molecule has 2 aromatic carbocycles. The molecule has 7 heteroatoms. The second-order valence-electron chi connectivity index (χ2n) is 5.66. The third-order valence-electron chi connectivity index (χ3n) is 3.73. The second kappa shape index (κ2) is 8.55. The number of carbonyl (C=O) groups is 3. The number of ether oxygens (including phenoxy) is 1. The molecular formula is C20H18N2O4S. The fourth-order valence-corrected chi connectivity index (χ4v) is 3.36. The van der Waals surface area contributed by atoms with Gasteiger partial charge >= 0.3 is 0 Å². The Kier molecular flexibility index (Phi) is 5.93. The molecule has 3 amide bonds. The van der Waals surface area contributed by atoms with Crippen molar-refractivity contribution in [3.8, 4) is 5.75 Å². The predicted octanol–water partition coefficient (Wildman–Crippen LogP) is 3.76. The Morgan fingerprint density at radius 1 is 1.11 bits per heavy atom. The highest BCUT2D eigenvalue weighted by atomic mass is 32.2. The lowest BCUT2D eigenvalue weighted by atomic mass is 10.2. The maximum absolute atomic E-state index is 12.5. The van der Waals surface area contributed by atoms with Crippen LogP contribution in [0.3, 0.4) is 0 Å². The SMILES string of the molecule is CCOc1ccccc1NC(=O)CN1C(=O)S/C(=C\c2ccccc2)C1=O. The first kappa shape index (κ1) is 18.7. The van der Waals surface area contributed by atoms with Crippen LogP contribution in [0.2, 0.25) is 0 Å². The Balaban J connectivity index is 1.69. The molecule has 0 aliphatic carbocycles. The lowest BCUT2D eigenvalue weighted by molar-refractivity contribution is -0.127. The highest BCUT2D eigenvalue weighted by molar-refractivity contribution is 8.18. The number of anilines is 1. The molecule has 0 unspecified atom stereocenters. The average Bonchev–Trinajstić information content (AvgIpc) is 2.92. The number of para-hydroxylation sites is 2. The van der Waals surface area contributed by atoms with Gasteiger partial charge in [-0.1, -0.05) is 42.5 Å². The van der Waals surface area contributed by atoms with E-state index < -0.39 is 17.1 Å². The summed E-state index contributed by atoms with van der Waals surface area (Å²) >= 11 is 0.830. The smallest absolute Gasteiger partial charge is 0.294 e. The zero-order valence-corrected chi connectivity index (χ0v) is 15.5. The summed E-state index contributed by atoms with van der Waals surface area (Å²) < 4.78 is 5.46. The average molecular weight is 382 g/mol. The van der Waals surface area contributed by atoms with Crippen molar-refractivity contribution in [1.29, 1.82) is 0 Å². The van der Waals surface area contributed by atoms with Gasteiger partial charge in [-0.15, -0.1) is 0 Å².